The van der Waals surface area contributed by atoms with Gasteiger partial charge in [0.2, 0.25) is 0 Å². The van der Waals surface area contributed by atoms with Crippen LogP contribution in [0.4, 0.5) is 0 Å². The fraction of sp³-hybridized carbons (Fsp3) is 0.481. The highest BCUT2D eigenvalue weighted by Gasteiger charge is 2.55. The molecule has 7 nitrogen and oxygen atoms in total. The molecule has 1 aromatic rings. The van der Waals surface area contributed by atoms with E-state index in [-0.39, 0.29) is 35.1 Å². The van der Waals surface area contributed by atoms with Gasteiger partial charge in [-0.05, 0) is 60.3 Å². The summed E-state index contributed by atoms with van der Waals surface area (Å²) >= 11 is 3.61. The van der Waals surface area contributed by atoms with Crippen LogP contribution in [0.3, 0.4) is 0 Å². The molecule has 0 aromatic heterocycles. The number of nitrogens with two attached hydrogens (primary N) is 1. The Labute approximate surface area is 215 Å². The van der Waals surface area contributed by atoms with Gasteiger partial charge in [0.1, 0.15) is 12.1 Å². The van der Waals surface area contributed by atoms with Crippen molar-refractivity contribution >= 4 is 15.9 Å². The first-order chi connectivity index (χ1) is 16.6. The predicted molar refractivity (Wildman–Crippen MR) is 133 cm³/mol. The predicted octanol–water partition coefficient (Wildman–Crippen LogP) is 5.62. The van der Waals surface area contributed by atoms with E-state index in [0.29, 0.717) is 34.6 Å². The minimum Gasteiger partial charge on any atom is -0.490 e. The van der Waals surface area contributed by atoms with Crippen LogP contribution in [0.25, 0.3) is 0 Å². The van der Waals surface area contributed by atoms with Crippen LogP contribution in [-0.2, 0) is 0 Å². The Morgan fingerprint density at radius 1 is 1.11 bits per heavy atom. The van der Waals surface area contributed by atoms with E-state index < -0.39 is 11.3 Å². The molecular weight excluding hydrogens is 506 g/mol. The van der Waals surface area contributed by atoms with Gasteiger partial charge in [-0.3, -0.25) is 0 Å². The number of halogens is 1. The van der Waals surface area contributed by atoms with Gasteiger partial charge in [-0.2, -0.15) is 21.0 Å². The molecule has 0 fully saturated rings. The molecule has 2 aliphatic carbocycles. The van der Waals surface area contributed by atoms with Crippen LogP contribution in [0, 0.1) is 68.0 Å². The van der Waals surface area contributed by atoms with Crippen molar-refractivity contribution in [3.63, 3.8) is 0 Å². The first-order valence-electron chi connectivity index (χ1n) is 11.5. The van der Waals surface area contributed by atoms with Crippen molar-refractivity contribution in [3.8, 4) is 35.8 Å². The zero-order chi connectivity index (χ0) is 26.0. The third-order valence-corrected chi connectivity index (χ3v) is 7.78. The van der Waals surface area contributed by atoms with Crippen LogP contribution < -0.4 is 15.2 Å². The minimum absolute atomic E-state index is 0.00323. The lowest BCUT2D eigenvalue weighted by atomic mass is 9.54. The number of benzene rings is 1. The third-order valence-electron chi connectivity index (χ3n) is 7.09. The standard InChI is InChI=1S/C27H28BrN5O2/c1-5-34-22-11-19(21(28)12-23(22)35-9-8-29)24-18-10-16(26(2,3)4)6-7-17(18)20(13-30)25(33)27(24,14-31)15-32/h7,11-12,16,18,24H,5-6,9-10,33H2,1-4H3. The topological polar surface area (TPSA) is 140 Å². The number of hydrogen-bond donors (Lipinski definition) is 1. The van der Waals surface area contributed by atoms with Gasteiger partial charge in [-0.25, -0.2) is 0 Å². The zero-order valence-corrected chi connectivity index (χ0v) is 21.9. The SMILES string of the molecule is CCOc1cc(C2C3CC(C(C)(C)C)CC=C3C(C#N)=C(N)C2(C#N)C#N)c(Br)cc1OCC#N. The molecule has 180 valence electrons. The molecule has 0 bridgehead atoms. The lowest BCUT2D eigenvalue weighted by molar-refractivity contribution is 0.170. The lowest BCUT2D eigenvalue weighted by Gasteiger charge is -2.47. The Morgan fingerprint density at radius 2 is 1.77 bits per heavy atom. The largest absolute Gasteiger partial charge is 0.490 e. The quantitative estimate of drug-likeness (QED) is 0.517. The van der Waals surface area contributed by atoms with Crippen molar-refractivity contribution in [1.29, 1.82) is 21.0 Å². The smallest absolute Gasteiger partial charge is 0.191 e. The zero-order valence-electron chi connectivity index (χ0n) is 20.4. The fourth-order valence-electron chi connectivity index (χ4n) is 5.22. The van der Waals surface area contributed by atoms with Crippen molar-refractivity contribution in [2.24, 2.45) is 28.4 Å². The Bertz CT molecular complexity index is 1230. The van der Waals surface area contributed by atoms with Crippen LogP contribution in [0.5, 0.6) is 11.5 Å². The summed E-state index contributed by atoms with van der Waals surface area (Å²) in [7, 11) is 0. The van der Waals surface area contributed by atoms with E-state index in [1.54, 1.807) is 12.1 Å². The van der Waals surface area contributed by atoms with E-state index in [4.69, 9.17) is 20.5 Å². The maximum atomic E-state index is 10.4. The number of allylic oxidation sites excluding steroid dienone is 4. The maximum absolute atomic E-state index is 10.4. The number of rotatable bonds is 5. The summed E-state index contributed by atoms with van der Waals surface area (Å²) in [5.41, 5.74) is 6.40. The monoisotopic (exact) mass is 533 g/mol. The molecule has 0 heterocycles. The number of hydrogen-bond acceptors (Lipinski definition) is 7. The molecule has 3 atom stereocenters. The van der Waals surface area contributed by atoms with Crippen LogP contribution in [0.15, 0.2) is 39.5 Å². The molecule has 0 saturated heterocycles. The average molecular weight is 534 g/mol. The average Bonchev–Trinajstić information content (AvgIpc) is 2.83. The lowest BCUT2D eigenvalue weighted by Crippen LogP contribution is -2.44. The van der Waals surface area contributed by atoms with Gasteiger partial charge in [-0.15, -0.1) is 0 Å². The van der Waals surface area contributed by atoms with Crippen LogP contribution in [-0.4, -0.2) is 13.2 Å². The van der Waals surface area contributed by atoms with E-state index in [1.165, 1.54) is 0 Å². The molecular formula is C27H28BrN5O2. The molecule has 0 radical (unpaired) electrons. The number of ether oxygens (including phenoxy) is 2. The van der Waals surface area contributed by atoms with Gasteiger partial charge in [0.25, 0.3) is 0 Å². The van der Waals surface area contributed by atoms with E-state index >= 15 is 0 Å². The second-order valence-electron chi connectivity index (χ2n) is 9.91. The highest BCUT2D eigenvalue weighted by Crippen LogP contribution is 2.59. The van der Waals surface area contributed by atoms with Crippen molar-refractivity contribution < 1.29 is 9.47 Å². The minimum atomic E-state index is -1.74. The summed E-state index contributed by atoms with van der Waals surface area (Å²) < 4.78 is 12.0. The van der Waals surface area contributed by atoms with Gasteiger partial charge in [-0.1, -0.05) is 42.8 Å². The fourth-order valence-corrected chi connectivity index (χ4v) is 5.79. The molecule has 3 rings (SSSR count). The Hall–Kier alpha value is -3.46. The first kappa shape index (κ1) is 26.2. The van der Waals surface area contributed by atoms with Crippen molar-refractivity contribution in [3.05, 3.63) is 45.1 Å². The molecule has 2 N–H and O–H groups in total. The van der Waals surface area contributed by atoms with Gasteiger partial charge in [0, 0.05) is 10.4 Å². The van der Waals surface area contributed by atoms with E-state index in [1.807, 2.05) is 13.0 Å². The molecule has 1 aromatic carbocycles. The van der Waals surface area contributed by atoms with Gasteiger partial charge >= 0.3 is 0 Å². The summed E-state index contributed by atoms with van der Waals surface area (Å²) in [6.07, 6.45) is 3.55. The summed E-state index contributed by atoms with van der Waals surface area (Å²) in [5, 5.41) is 39.7. The maximum Gasteiger partial charge on any atom is 0.191 e. The van der Waals surface area contributed by atoms with Crippen LogP contribution >= 0.6 is 15.9 Å². The first-order valence-corrected chi connectivity index (χ1v) is 12.3. The summed E-state index contributed by atoms with van der Waals surface area (Å²) in [4.78, 5) is 0. The Morgan fingerprint density at radius 3 is 2.31 bits per heavy atom. The van der Waals surface area contributed by atoms with Gasteiger partial charge in [0.15, 0.2) is 23.5 Å². The molecule has 8 heteroatoms. The van der Waals surface area contributed by atoms with E-state index in [0.717, 1.165) is 12.0 Å². The summed E-state index contributed by atoms with van der Waals surface area (Å²) in [5.74, 6) is 0.160. The van der Waals surface area contributed by atoms with Crippen LogP contribution in [0.2, 0.25) is 0 Å². The number of nitriles is 4. The van der Waals surface area contributed by atoms with Gasteiger partial charge < -0.3 is 15.2 Å². The number of fused-ring (bicyclic) bond motifs is 1. The van der Waals surface area contributed by atoms with E-state index in [2.05, 4.69) is 61.0 Å². The van der Waals surface area contributed by atoms with E-state index in [9.17, 15) is 15.8 Å². The Kier molecular flexibility index (Phi) is 7.50. The summed E-state index contributed by atoms with van der Waals surface area (Å²) in [6, 6.07) is 12.0. The second-order valence-corrected chi connectivity index (χ2v) is 10.8. The molecule has 3 unspecified atom stereocenters. The molecule has 35 heavy (non-hydrogen) atoms. The molecule has 0 saturated carbocycles. The number of nitrogens with zero attached hydrogens (tertiary/aromatic N) is 4. The third kappa shape index (κ3) is 4.48. The van der Waals surface area contributed by atoms with Crippen molar-refractivity contribution in [2.75, 3.05) is 13.2 Å². The second kappa shape index (κ2) is 10.0. The molecule has 0 aliphatic heterocycles. The molecule has 0 amide bonds. The summed E-state index contributed by atoms with van der Waals surface area (Å²) in [6.45, 7) is 8.57. The van der Waals surface area contributed by atoms with Crippen molar-refractivity contribution in [2.45, 2.75) is 46.5 Å². The van der Waals surface area contributed by atoms with Crippen LogP contribution in [0.1, 0.15) is 52.0 Å². The molecule has 2 aliphatic rings. The normalized spacial score (nSPS) is 23.0. The highest BCUT2D eigenvalue weighted by molar-refractivity contribution is 9.10. The van der Waals surface area contributed by atoms with Crippen molar-refractivity contribution in [1.82, 2.24) is 0 Å². The van der Waals surface area contributed by atoms with Gasteiger partial charge in [0.05, 0.1) is 30.0 Å². The molecule has 0 spiro atoms. The highest BCUT2D eigenvalue weighted by atomic mass is 79.9. The Balaban J connectivity index is 2.33.